The Morgan fingerprint density at radius 1 is 1.46 bits per heavy atom. The predicted molar refractivity (Wildman–Crippen MR) is 58.2 cm³/mol. The second-order valence-corrected chi connectivity index (χ2v) is 4.56. The Morgan fingerprint density at radius 2 is 2.23 bits per heavy atom. The van der Waals surface area contributed by atoms with Crippen molar-refractivity contribution in [1.82, 2.24) is 5.32 Å². The van der Waals surface area contributed by atoms with E-state index in [0.717, 1.165) is 19.4 Å². The van der Waals surface area contributed by atoms with Crippen LogP contribution in [-0.4, -0.2) is 17.8 Å². The number of aliphatic imine (C=N–C) groups is 1. The third-order valence-corrected chi connectivity index (χ3v) is 2.01. The van der Waals surface area contributed by atoms with Crippen LogP contribution in [0.25, 0.3) is 0 Å². The Kier molecular flexibility index (Phi) is 3.67. The summed E-state index contributed by atoms with van der Waals surface area (Å²) in [5.74, 6) is 0. The first-order chi connectivity index (χ1) is 6.08. The molecule has 0 aliphatic carbocycles. The Balaban J connectivity index is 2.02. The van der Waals surface area contributed by atoms with Gasteiger partial charge in [-0.15, -0.1) is 0 Å². The van der Waals surface area contributed by atoms with E-state index < -0.39 is 0 Å². The molecule has 0 atom stereocenters. The molecule has 0 saturated carbocycles. The summed E-state index contributed by atoms with van der Waals surface area (Å²) >= 11 is 0. The SMILES string of the molecule is CC(C)(C)NCCCC1=NC=CC1. The van der Waals surface area contributed by atoms with E-state index in [9.17, 15) is 0 Å². The van der Waals surface area contributed by atoms with Gasteiger partial charge in [0, 0.05) is 23.9 Å². The second-order valence-electron chi connectivity index (χ2n) is 4.56. The fourth-order valence-corrected chi connectivity index (χ4v) is 1.32. The molecular weight excluding hydrogens is 160 g/mol. The van der Waals surface area contributed by atoms with Gasteiger partial charge in [0.05, 0.1) is 0 Å². The van der Waals surface area contributed by atoms with Crippen LogP contribution in [0.1, 0.15) is 40.0 Å². The number of nitrogens with zero attached hydrogens (tertiary/aromatic N) is 1. The highest BCUT2D eigenvalue weighted by atomic mass is 14.9. The molecule has 0 amide bonds. The lowest BCUT2D eigenvalue weighted by atomic mass is 10.1. The van der Waals surface area contributed by atoms with Crippen molar-refractivity contribution in [3.05, 3.63) is 12.3 Å². The van der Waals surface area contributed by atoms with Gasteiger partial charge >= 0.3 is 0 Å². The molecule has 13 heavy (non-hydrogen) atoms. The molecule has 0 fully saturated rings. The van der Waals surface area contributed by atoms with Crippen LogP contribution >= 0.6 is 0 Å². The van der Waals surface area contributed by atoms with Gasteiger partial charge in [-0.1, -0.05) is 6.08 Å². The predicted octanol–water partition coefficient (Wildman–Crippen LogP) is 2.51. The molecule has 0 bridgehead atoms. The largest absolute Gasteiger partial charge is 0.312 e. The first-order valence-corrected chi connectivity index (χ1v) is 5.03. The lowest BCUT2D eigenvalue weighted by molar-refractivity contribution is 0.424. The van der Waals surface area contributed by atoms with Gasteiger partial charge in [-0.3, -0.25) is 4.99 Å². The average molecular weight is 180 g/mol. The molecule has 0 aromatic rings. The van der Waals surface area contributed by atoms with Crippen molar-refractivity contribution in [3.8, 4) is 0 Å². The van der Waals surface area contributed by atoms with Gasteiger partial charge in [0.15, 0.2) is 0 Å². The highest BCUT2D eigenvalue weighted by Crippen LogP contribution is 2.06. The minimum Gasteiger partial charge on any atom is -0.312 e. The molecule has 1 aliphatic rings. The van der Waals surface area contributed by atoms with Gasteiger partial charge in [0.25, 0.3) is 0 Å². The summed E-state index contributed by atoms with van der Waals surface area (Å²) in [4.78, 5) is 4.28. The number of hydrogen-bond donors (Lipinski definition) is 1. The van der Waals surface area contributed by atoms with Crippen molar-refractivity contribution in [1.29, 1.82) is 0 Å². The average Bonchev–Trinajstić information content (AvgIpc) is 2.48. The normalized spacial score (nSPS) is 16.4. The van der Waals surface area contributed by atoms with Crippen LogP contribution in [-0.2, 0) is 0 Å². The number of rotatable bonds is 4. The summed E-state index contributed by atoms with van der Waals surface area (Å²) in [5, 5.41) is 3.47. The molecule has 2 heteroatoms. The monoisotopic (exact) mass is 180 g/mol. The molecule has 74 valence electrons. The summed E-state index contributed by atoms with van der Waals surface area (Å²) in [6.07, 6.45) is 7.42. The van der Waals surface area contributed by atoms with Crippen LogP contribution in [0.3, 0.4) is 0 Å². The second kappa shape index (κ2) is 4.56. The highest BCUT2D eigenvalue weighted by molar-refractivity contribution is 5.87. The topological polar surface area (TPSA) is 24.4 Å². The molecule has 1 rings (SSSR count). The molecule has 0 aromatic heterocycles. The molecule has 1 N–H and O–H groups in total. The van der Waals surface area contributed by atoms with Crippen molar-refractivity contribution in [2.75, 3.05) is 6.54 Å². The van der Waals surface area contributed by atoms with Crippen LogP contribution in [0.5, 0.6) is 0 Å². The highest BCUT2D eigenvalue weighted by Gasteiger charge is 2.08. The smallest absolute Gasteiger partial charge is 0.0231 e. The Labute approximate surface area is 81.1 Å². The lowest BCUT2D eigenvalue weighted by Gasteiger charge is -2.20. The van der Waals surface area contributed by atoms with Crippen molar-refractivity contribution in [2.24, 2.45) is 4.99 Å². The molecular formula is C11H20N2. The molecule has 0 spiro atoms. The Bertz CT molecular complexity index is 209. The van der Waals surface area contributed by atoms with Crippen molar-refractivity contribution >= 4 is 5.71 Å². The standard InChI is InChI=1S/C11H20N2/c1-11(2,3)13-9-5-7-10-6-4-8-12-10/h4,8,13H,5-7,9H2,1-3H3. The van der Waals surface area contributed by atoms with E-state index in [0.29, 0.717) is 0 Å². The first-order valence-electron chi connectivity index (χ1n) is 5.03. The van der Waals surface area contributed by atoms with Crippen LogP contribution in [0.15, 0.2) is 17.3 Å². The zero-order valence-electron chi connectivity index (χ0n) is 8.93. The summed E-state index contributed by atoms with van der Waals surface area (Å²) in [6.45, 7) is 7.67. The van der Waals surface area contributed by atoms with Crippen LogP contribution in [0, 0.1) is 0 Å². The van der Waals surface area contributed by atoms with Gasteiger partial charge in [-0.05, 0) is 40.2 Å². The van der Waals surface area contributed by atoms with Gasteiger partial charge in [-0.2, -0.15) is 0 Å². The summed E-state index contributed by atoms with van der Waals surface area (Å²) in [5.41, 5.74) is 1.58. The van der Waals surface area contributed by atoms with E-state index in [1.54, 1.807) is 0 Å². The van der Waals surface area contributed by atoms with Crippen LogP contribution in [0.4, 0.5) is 0 Å². The zero-order valence-corrected chi connectivity index (χ0v) is 8.93. The number of nitrogens with one attached hydrogen (secondary N) is 1. The third kappa shape index (κ3) is 4.83. The van der Waals surface area contributed by atoms with Gasteiger partial charge < -0.3 is 5.32 Å². The zero-order chi connectivity index (χ0) is 9.73. The fraction of sp³-hybridized carbons (Fsp3) is 0.727. The minimum absolute atomic E-state index is 0.246. The maximum Gasteiger partial charge on any atom is 0.0231 e. The molecule has 1 aliphatic heterocycles. The van der Waals surface area contributed by atoms with Gasteiger partial charge in [0.1, 0.15) is 0 Å². The molecule has 0 unspecified atom stereocenters. The molecule has 1 heterocycles. The summed E-state index contributed by atoms with van der Waals surface area (Å²) in [6, 6.07) is 0. The molecule has 0 radical (unpaired) electrons. The molecule has 2 nitrogen and oxygen atoms in total. The third-order valence-electron chi connectivity index (χ3n) is 2.01. The quantitative estimate of drug-likeness (QED) is 0.660. The number of allylic oxidation sites excluding steroid dienone is 1. The van der Waals surface area contributed by atoms with Crippen molar-refractivity contribution in [2.45, 2.75) is 45.6 Å². The first kappa shape index (κ1) is 10.5. The fourth-order valence-electron chi connectivity index (χ4n) is 1.32. The molecule has 0 aromatic carbocycles. The van der Waals surface area contributed by atoms with E-state index in [1.165, 1.54) is 12.1 Å². The van der Waals surface area contributed by atoms with E-state index >= 15 is 0 Å². The maximum atomic E-state index is 4.28. The maximum absolute atomic E-state index is 4.28. The van der Waals surface area contributed by atoms with Crippen molar-refractivity contribution in [3.63, 3.8) is 0 Å². The Hall–Kier alpha value is -0.630. The summed E-state index contributed by atoms with van der Waals surface area (Å²) in [7, 11) is 0. The van der Waals surface area contributed by atoms with E-state index in [4.69, 9.17) is 0 Å². The minimum atomic E-state index is 0.246. The van der Waals surface area contributed by atoms with E-state index in [-0.39, 0.29) is 5.54 Å². The summed E-state index contributed by atoms with van der Waals surface area (Å²) < 4.78 is 0. The van der Waals surface area contributed by atoms with Gasteiger partial charge in [0.2, 0.25) is 0 Å². The van der Waals surface area contributed by atoms with Crippen molar-refractivity contribution < 1.29 is 0 Å². The lowest BCUT2D eigenvalue weighted by Crippen LogP contribution is -2.36. The van der Waals surface area contributed by atoms with Crippen LogP contribution < -0.4 is 5.32 Å². The van der Waals surface area contributed by atoms with Gasteiger partial charge in [-0.25, -0.2) is 0 Å². The van der Waals surface area contributed by atoms with E-state index in [1.807, 2.05) is 6.20 Å². The number of hydrogen-bond acceptors (Lipinski definition) is 2. The van der Waals surface area contributed by atoms with Crippen LogP contribution in [0.2, 0.25) is 0 Å². The van der Waals surface area contributed by atoms with E-state index in [2.05, 4.69) is 37.2 Å². The molecule has 0 saturated heterocycles. The Morgan fingerprint density at radius 3 is 2.77 bits per heavy atom.